The highest BCUT2D eigenvalue weighted by molar-refractivity contribution is 5.87. The number of methoxy groups -OCH3 is 1. The van der Waals surface area contributed by atoms with Crippen LogP contribution in [0.15, 0.2) is 36.0 Å². The average Bonchev–Trinajstić information content (AvgIpc) is 2.81. The highest BCUT2D eigenvalue weighted by atomic mass is 16.5. The molecule has 0 aromatic heterocycles. The molecule has 2 aliphatic rings. The van der Waals surface area contributed by atoms with E-state index in [4.69, 9.17) is 18.9 Å². The van der Waals surface area contributed by atoms with Crippen LogP contribution in [-0.4, -0.2) is 73.9 Å². The van der Waals surface area contributed by atoms with Gasteiger partial charge in [0.25, 0.3) is 0 Å². The zero-order valence-corrected chi connectivity index (χ0v) is 21.8. The Balaban J connectivity index is 1.84. The van der Waals surface area contributed by atoms with Crippen molar-refractivity contribution in [3.05, 3.63) is 36.0 Å². The third-order valence-electron chi connectivity index (χ3n) is 6.32. The van der Waals surface area contributed by atoms with Crippen LogP contribution in [0.4, 0.5) is 0 Å². The van der Waals surface area contributed by atoms with Gasteiger partial charge in [-0.3, -0.25) is 9.59 Å². The van der Waals surface area contributed by atoms with Crippen molar-refractivity contribution in [3.8, 4) is 0 Å². The Hall–Kier alpha value is -2.00. The van der Waals surface area contributed by atoms with Gasteiger partial charge in [0.1, 0.15) is 12.2 Å². The van der Waals surface area contributed by atoms with E-state index < -0.39 is 6.10 Å². The zero-order valence-electron chi connectivity index (χ0n) is 21.8. The normalized spacial score (nSPS) is 31.0. The fourth-order valence-corrected chi connectivity index (χ4v) is 4.60. The lowest BCUT2D eigenvalue weighted by molar-refractivity contribution is -0.143. The number of amides is 1. The molecule has 2 fully saturated rings. The number of ether oxygens (including phenoxy) is 4. The molecule has 2 N–H and O–H groups in total. The summed E-state index contributed by atoms with van der Waals surface area (Å²) in [6.07, 6.45) is 13.0. The predicted octanol–water partition coefficient (Wildman–Crippen LogP) is 3.24. The van der Waals surface area contributed by atoms with Gasteiger partial charge in [-0.2, -0.15) is 0 Å². The van der Waals surface area contributed by atoms with Crippen molar-refractivity contribution < 1.29 is 33.6 Å². The van der Waals surface area contributed by atoms with Crippen molar-refractivity contribution >= 4 is 11.9 Å². The maximum absolute atomic E-state index is 12.3. The highest BCUT2D eigenvalue weighted by Gasteiger charge is 2.31. The maximum Gasteiger partial charge on any atom is 0.303 e. The zero-order chi connectivity index (χ0) is 25.8. The minimum Gasteiger partial charge on any atom is -0.459 e. The number of allylic oxidation sites excluding steroid dienone is 2. The van der Waals surface area contributed by atoms with Gasteiger partial charge in [-0.15, -0.1) is 0 Å². The second kappa shape index (κ2) is 15.2. The molecule has 0 saturated carbocycles. The van der Waals surface area contributed by atoms with Gasteiger partial charge in [0.2, 0.25) is 5.91 Å². The molecule has 2 saturated heterocycles. The molecular formula is C27H43NO7. The number of carbonyl (C=O) groups is 2. The summed E-state index contributed by atoms with van der Waals surface area (Å²) in [5.74, 6) is -0.338. The van der Waals surface area contributed by atoms with Crippen molar-refractivity contribution in [2.75, 3.05) is 20.3 Å². The molecule has 35 heavy (non-hydrogen) atoms. The summed E-state index contributed by atoms with van der Waals surface area (Å²) in [5, 5.41) is 12.5. The van der Waals surface area contributed by atoms with E-state index in [2.05, 4.69) is 37.4 Å². The smallest absolute Gasteiger partial charge is 0.303 e. The van der Waals surface area contributed by atoms with Crippen LogP contribution >= 0.6 is 0 Å². The molecule has 0 aromatic rings. The Morgan fingerprint density at radius 1 is 1.17 bits per heavy atom. The van der Waals surface area contributed by atoms with Crippen LogP contribution in [0.3, 0.4) is 0 Å². The fraction of sp³-hybridized carbons (Fsp3) is 0.704. The summed E-state index contributed by atoms with van der Waals surface area (Å²) in [6.45, 7) is 7.75. The lowest BCUT2D eigenvalue weighted by atomic mass is 9.92. The number of hydrogen-bond acceptors (Lipinski definition) is 7. The van der Waals surface area contributed by atoms with Crippen LogP contribution in [0.25, 0.3) is 0 Å². The van der Waals surface area contributed by atoms with Crippen molar-refractivity contribution in [2.45, 2.75) is 96.4 Å². The van der Waals surface area contributed by atoms with Crippen LogP contribution in [0.2, 0.25) is 0 Å². The van der Waals surface area contributed by atoms with Crippen LogP contribution in [0.1, 0.15) is 59.8 Å². The molecule has 2 heterocycles. The first-order valence-corrected chi connectivity index (χ1v) is 12.6. The maximum atomic E-state index is 12.3. The van der Waals surface area contributed by atoms with Gasteiger partial charge in [-0.25, -0.2) is 0 Å². The third-order valence-corrected chi connectivity index (χ3v) is 6.32. The molecule has 2 unspecified atom stereocenters. The Morgan fingerprint density at radius 2 is 1.94 bits per heavy atom. The van der Waals surface area contributed by atoms with E-state index in [1.54, 1.807) is 20.1 Å². The molecule has 0 bridgehead atoms. The third kappa shape index (κ3) is 11.1. The minimum atomic E-state index is -0.465. The van der Waals surface area contributed by atoms with E-state index in [-0.39, 0.29) is 48.9 Å². The Bertz CT molecular complexity index is 763. The number of aliphatic hydroxyl groups is 1. The number of rotatable bonds is 11. The molecule has 0 spiro atoms. The second-order valence-electron chi connectivity index (χ2n) is 9.67. The quantitative estimate of drug-likeness (QED) is 0.259. The average molecular weight is 494 g/mol. The van der Waals surface area contributed by atoms with E-state index in [1.807, 2.05) is 0 Å². The number of aliphatic hydroxyl groups excluding tert-OH is 1. The summed E-state index contributed by atoms with van der Waals surface area (Å²) < 4.78 is 22.6. The molecular weight excluding hydrogens is 450 g/mol. The van der Waals surface area contributed by atoms with Gasteiger partial charge < -0.3 is 29.4 Å². The Labute approximate surface area is 209 Å². The van der Waals surface area contributed by atoms with Crippen LogP contribution in [0.5, 0.6) is 0 Å². The highest BCUT2D eigenvalue weighted by Crippen LogP contribution is 2.26. The van der Waals surface area contributed by atoms with Gasteiger partial charge in [0.15, 0.2) is 0 Å². The number of esters is 1. The molecule has 198 valence electrons. The SMILES string of the molecule is COC[C@H]1O[C@@H](C/C=C(C)/C=C/C2CC(CO)C[C@@H](C)O2)CC[C@H]1NC(=O)/C=C\[C@H](C)OC(C)=O. The topological polar surface area (TPSA) is 103 Å². The molecule has 8 nitrogen and oxygen atoms in total. The molecule has 8 heteroatoms. The number of hydrogen-bond donors (Lipinski definition) is 2. The summed E-state index contributed by atoms with van der Waals surface area (Å²) in [7, 11) is 1.62. The van der Waals surface area contributed by atoms with Gasteiger partial charge in [0.05, 0.1) is 31.0 Å². The molecule has 2 aliphatic heterocycles. The minimum absolute atomic E-state index is 0.0340. The fourth-order valence-electron chi connectivity index (χ4n) is 4.60. The van der Waals surface area contributed by atoms with Crippen molar-refractivity contribution in [2.24, 2.45) is 5.92 Å². The summed E-state index contributed by atoms with van der Waals surface area (Å²) >= 11 is 0. The van der Waals surface area contributed by atoms with E-state index in [0.717, 1.165) is 37.7 Å². The molecule has 1 amide bonds. The van der Waals surface area contributed by atoms with Crippen LogP contribution in [0, 0.1) is 5.92 Å². The summed E-state index contributed by atoms with van der Waals surface area (Å²) in [5.41, 5.74) is 1.14. The van der Waals surface area contributed by atoms with Crippen LogP contribution < -0.4 is 5.32 Å². The Morgan fingerprint density at radius 3 is 2.63 bits per heavy atom. The van der Waals surface area contributed by atoms with Crippen LogP contribution in [-0.2, 0) is 28.5 Å². The van der Waals surface area contributed by atoms with Crippen molar-refractivity contribution in [1.29, 1.82) is 0 Å². The molecule has 0 aromatic carbocycles. The van der Waals surface area contributed by atoms with Gasteiger partial charge >= 0.3 is 5.97 Å². The number of nitrogens with one attached hydrogen (secondary N) is 1. The first kappa shape index (κ1) is 29.2. The van der Waals surface area contributed by atoms with Gasteiger partial charge in [0, 0.05) is 26.7 Å². The van der Waals surface area contributed by atoms with Gasteiger partial charge in [-0.05, 0) is 64.9 Å². The summed E-state index contributed by atoms with van der Waals surface area (Å²) in [4.78, 5) is 23.3. The molecule has 0 aliphatic carbocycles. The first-order valence-electron chi connectivity index (χ1n) is 12.6. The van der Waals surface area contributed by atoms with E-state index >= 15 is 0 Å². The van der Waals surface area contributed by atoms with Gasteiger partial charge in [-0.1, -0.05) is 23.8 Å². The van der Waals surface area contributed by atoms with E-state index in [1.165, 1.54) is 13.0 Å². The summed E-state index contributed by atoms with van der Waals surface area (Å²) in [6, 6.07) is -0.151. The molecule has 0 radical (unpaired) electrons. The standard InChI is InChI=1S/C27H43NO7/c1-18(7-10-24-15-22(16-29)14-20(3)34-24)6-9-23-11-12-25(26(35-23)17-32-5)28-27(31)13-8-19(2)33-21(4)30/h6-8,10,13,19-20,22-26,29H,9,11-12,14-17H2,1-5H3,(H,28,31)/b10-7+,13-8-,18-6+/t19-,20+,22?,23-,24?,25+,26+/m0/s1. The molecule has 2 rings (SSSR count). The van der Waals surface area contributed by atoms with Crippen molar-refractivity contribution in [1.82, 2.24) is 5.32 Å². The van der Waals surface area contributed by atoms with E-state index in [0.29, 0.717) is 12.5 Å². The molecule has 7 atom stereocenters. The lowest BCUT2D eigenvalue weighted by Gasteiger charge is -2.36. The Kier molecular flexibility index (Phi) is 12.7. The number of carbonyl (C=O) groups excluding carboxylic acids is 2. The monoisotopic (exact) mass is 493 g/mol. The largest absolute Gasteiger partial charge is 0.459 e. The predicted molar refractivity (Wildman–Crippen MR) is 134 cm³/mol. The lowest BCUT2D eigenvalue weighted by Crippen LogP contribution is -2.50. The van der Waals surface area contributed by atoms with E-state index in [9.17, 15) is 14.7 Å². The van der Waals surface area contributed by atoms with Crippen molar-refractivity contribution in [3.63, 3.8) is 0 Å². The first-order chi connectivity index (χ1) is 16.7. The second-order valence-corrected chi connectivity index (χ2v) is 9.67.